The Bertz CT molecular complexity index is 912. The summed E-state index contributed by atoms with van der Waals surface area (Å²) in [5, 5.41) is 0.452. The average Bonchev–Trinajstić information content (AvgIpc) is 2.68. The second-order valence-corrected chi connectivity index (χ2v) is 9.10. The molecule has 5 nitrogen and oxygen atoms in total. The lowest BCUT2D eigenvalue weighted by atomic mass is 10.1. The fourth-order valence-corrected chi connectivity index (χ4v) is 5.21. The van der Waals surface area contributed by atoms with E-state index >= 15 is 0 Å². The molecule has 2 aromatic rings. The van der Waals surface area contributed by atoms with E-state index in [4.69, 9.17) is 23.2 Å². The number of hydrogen-bond acceptors (Lipinski definition) is 3. The summed E-state index contributed by atoms with van der Waals surface area (Å²) in [6.07, 6.45) is 1.09. The highest BCUT2D eigenvalue weighted by atomic mass is 35.5. The van der Waals surface area contributed by atoms with Gasteiger partial charge in [0.05, 0.1) is 5.02 Å². The Morgan fingerprint density at radius 3 is 2.30 bits per heavy atom. The predicted octanol–water partition coefficient (Wildman–Crippen LogP) is 3.46. The lowest BCUT2D eigenvalue weighted by Crippen LogP contribution is -2.50. The third-order valence-corrected chi connectivity index (χ3v) is 7.19. The van der Waals surface area contributed by atoms with Gasteiger partial charge in [-0.05, 0) is 30.2 Å². The van der Waals surface area contributed by atoms with Crippen molar-refractivity contribution in [3.05, 3.63) is 64.1 Å². The molecule has 3 rings (SSSR count). The van der Waals surface area contributed by atoms with E-state index in [0.717, 1.165) is 5.56 Å². The number of benzene rings is 2. The molecule has 0 unspecified atom stereocenters. The van der Waals surface area contributed by atoms with E-state index in [-0.39, 0.29) is 28.9 Å². The first-order valence-electron chi connectivity index (χ1n) is 8.65. The molecule has 1 saturated heterocycles. The highest BCUT2D eigenvalue weighted by molar-refractivity contribution is 7.89. The number of aryl methyl sites for hydroxylation is 1. The highest BCUT2D eigenvalue weighted by Gasteiger charge is 2.31. The van der Waals surface area contributed by atoms with Crippen molar-refractivity contribution < 1.29 is 13.2 Å². The molecule has 2 aromatic carbocycles. The minimum Gasteiger partial charge on any atom is -0.340 e. The molecule has 0 saturated carbocycles. The molecule has 27 heavy (non-hydrogen) atoms. The molecule has 1 amide bonds. The molecule has 1 aliphatic heterocycles. The second-order valence-electron chi connectivity index (χ2n) is 6.35. The van der Waals surface area contributed by atoms with Crippen LogP contribution < -0.4 is 0 Å². The van der Waals surface area contributed by atoms with Crippen molar-refractivity contribution in [2.75, 3.05) is 26.2 Å². The third-order valence-electron chi connectivity index (χ3n) is 4.57. The Morgan fingerprint density at radius 1 is 0.963 bits per heavy atom. The molecule has 1 heterocycles. The zero-order valence-electron chi connectivity index (χ0n) is 14.6. The lowest BCUT2D eigenvalue weighted by molar-refractivity contribution is -0.132. The predicted molar refractivity (Wildman–Crippen MR) is 107 cm³/mol. The van der Waals surface area contributed by atoms with Gasteiger partial charge in [-0.2, -0.15) is 4.31 Å². The maximum Gasteiger partial charge on any atom is 0.244 e. The first kappa shape index (κ1) is 20.1. The number of carbonyl (C=O) groups excluding carboxylic acids is 1. The van der Waals surface area contributed by atoms with Crippen molar-refractivity contribution in [1.29, 1.82) is 0 Å². The van der Waals surface area contributed by atoms with Gasteiger partial charge in [0.25, 0.3) is 0 Å². The number of nitrogens with zero attached hydrogens (tertiary/aromatic N) is 2. The van der Waals surface area contributed by atoms with Crippen molar-refractivity contribution in [3.63, 3.8) is 0 Å². The number of halogens is 2. The summed E-state index contributed by atoms with van der Waals surface area (Å²) in [6.45, 7) is 1.21. The van der Waals surface area contributed by atoms with Crippen molar-refractivity contribution in [1.82, 2.24) is 9.21 Å². The summed E-state index contributed by atoms with van der Waals surface area (Å²) in [4.78, 5) is 14.1. The largest absolute Gasteiger partial charge is 0.340 e. The first-order valence-corrected chi connectivity index (χ1v) is 10.8. The fraction of sp³-hybridized carbons (Fsp3) is 0.316. The summed E-state index contributed by atoms with van der Waals surface area (Å²) in [5.41, 5.74) is 1.11. The van der Waals surface area contributed by atoms with Gasteiger partial charge in [0.1, 0.15) is 4.90 Å². The topological polar surface area (TPSA) is 57.7 Å². The summed E-state index contributed by atoms with van der Waals surface area (Å²) in [6, 6.07) is 14.2. The molecule has 144 valence electrons. The van der Waals surface area contributed by atoms with E-state index in [1.807, 2.05) is 30.3 Å². The maximum atomic E-state index is 12.8. The van der Waals surface area contributed by atoms with Crippen LogP contribution in [0.2, 0.25) is 10.0 Å². The first-order chi connectivity index (χ1) is 12.9. The van der Waals surface area contributed by atoms with Crippen molar-refractivity contribution >= 4 is 39.1 Å². The third kappa shape index (κ3) is 4.82. The molecule has 8 heteroatoms. The van der Waals surface area contributed by atoms with Gasteiger partial charge in [-0.25, -0.2) is 8.42 Å². The van der Waals surface area contributed by atoms with Crippen LogP contribution >= 0.6 is 23.2 Å². The Kier molecular flexibility index (Phi) is 6.42. The quantitative estimate of drug-likeness (QED) is 0.735. The van der Waals surface area contributed by atoms with Gasteiger partial charge in [0, 0.05) is 37.6 Å². The average molecular weight is 427 g/mol. The van der Waals surface area contributed by atoms with Crippen LogP contribution in [0.1, 0.15) is 12.0 Å². The van der Waals surface area contributed by atoms with Crippen LogP contribution in [0.25, 0.3) is 0 Å². The molecule has 1 aliphatic rings. The minimum absolute atomic E-state index is 0.000482. The molecule has 0 atom stereocenters. The smallest absolute Gasteiger partial charge is 0.244 e. The SMILES string of the molecule is O=C(CCc1ccccc1)N1CCN(S(=O)(=O)c2cc(Cl)ccc2Cl)CC1. The van der Waals surface area contributed by atoms with E-state index in [9.17, 15) is 13.2 Å². The van der Waals surface area contributed by atoms with E-state index in [0.29, 0.717) is 31.0 Å². The molecule has 0 N–H and O–H groups in total. The lowest BCUT2D eigenvalue weighted by Gasteiger charge is -2.34. The summed E-state index contributed by atoms with van der Waals surface area (Å²) < 4.78 is 27.0. The molecule has 0 bridgehead atoms. The molecule has 0 aromatic heterocycles. The van der Waals surface area contributed by atoms with E-state index in [2.05, 4.69) is 0 Å². The van der Waals surface area contributed by atoms with Gasteiger partial charge in [-0.1, -0.05) is 53.5 Å². The Labute approximate surface area is 169 Å². The number of carbonyl (C=O) groups is 1. The normalized spacial score (nSPS) is 15.7. The van der Waals surface area contributed by atoms with Crippen LogP contribution in [0.4, 0.5) is 0 Å². The van der Waals surface area contributed by atoms with Crippen molar-refractivity contribution in [3.8, 4) is 0 Å². The van der Waals surface area contributed by atoms with E-state index in [1.54, 1.807) is 11.0 Å². The van der Waals surface area contributed by atoms with E-state index in [1.165, 1.54) is 16.4 Å². The Balaban J connectivity index is 1.59. The minimum atomic E-state index is -3.74. The van der Waals surface area contributed by atoms with Gasteiger partial charge in [0.2, 0.25) is 15.9 Å². The van der Waals surface area contributed by atoms with Crippen LogP contribution in [0.15, 0.2) is 53.4 Å². The molecule has 0 aliphatic carbocycles. The van der Waals surface area contributed by atoms with E-state index < -0.39 is 10.0 Å². The molecular weight excluding hydrogens is 407 g/mol. The van der Waals surface area contributed by atoms with Crippen molar-refractivity contribution in [2.45, 2.75) is 17.7 Å². The number of rotatable bonds is 5. The number of piperazine rings is 1. The summed E-state index contributed by atoms with van der Waals surface area (Å²) in [5.74, 6) is 0.0386. The van der Waals surface area contributed by atoms with Gasteiger partial charge in [0.15, 0.2) is 0 Å². The fourth-order valence-electron chi connectivity index (χ4n) is 3.05. The van der Waals surface area contributed by atoms with Crippen molar-refractivity contribution in [2.24, 2.45) is 0 Å². The van der Waals surface area contributed by atoms with Crippen LogP contribution in [0, 0.1) is 0 Å². The van der Waals surface area contributed by atoms with Gasteiger partial charge in [-0.15, -0.1) is 0 Å². The zero-order valence-corrected chi connectivity index (χ0v) is 17.0. The van der Waals surface area contributed by atoms with Crippen LogP contribution in [0.3, 0.4) is 0 Å². The van der Waals surface area contributed by atoms with Gasteiger partial charge >= 0.3 is 0 Å². The van der Waals surface area contributed by atoms with Gasteiger partial charge in [-0.3, -0.25) is 4.79 Å². The van der Waals surface area contributed by atoms with Gasteiger partial charge < -0.3 is 4.90 Å². The number of amides is 1. The standard InChI is InChI=1S/C19H20Cl2N2O3S/c20-16-7-8-17(21)18(14-16)27(25,26)23-12-10-22(11-13-23)19(24)9-6-15-4-2-1-3-5-15/h1-5,7-8,14H,6,9-13H2. The Hall–Kier alpha value is -1.60. The summed E-state index contributed by atoms with van der Waals surface area (Å²) >= 11 is 12.0. The van der Waals surface area contributed by atoms with Crippen LogP contribution in [0.5, 0.6) is 0 Å². The maximum absolute atomic E-state index is 12.8. The highest BCUT2D eigenvalue weighted by Crippen LogP contribution is 2.28. The summed E-state index contributed by atoms with van der Waals surface area (Å²) in [7, 11) is -3.74. The number of sulfonamides is 1. The second kappa shape index (κ2) is 8.61. The molecule has 0 radical (unpaired) electrons. The molecular formula is C19H20Cl2N2O3S. The Morgan fingerprint density at radius 2 is 1.63 bits per heavy atom. The van der Waals surface area contributed by atoms with Crippen LogP contribution in [-0.4, -0.2) is 49.7 Å². The van der Waals surface area contributed by atoms with Crippen LogP contribution in [-0.2, 0) is 21.2 Å². The monoisotopic (exact) mass is 426 g/mol. The zero-order chi connectivity index (χ0) is 19.4. The number of hydrogen-bond donors (Lipinski definition) is 0. The molecule has 1 fully saturated rings. The molecule has 0 spiro atoms.